The number of nitrogens with two attached hydrogens (primary N) is 3. The van der Waals surface area contributed by atoms with Crippen molar-refractivity contribution >= 4 is 40.4 Å². The fourth-order valence-electron chi connectivity index (χ4n) is 8.63. The first-order valence-corrected chi connectivity index (χ1v) is 23.0. The molecule has 1 aromatic heterocycles. The van der Waals surface area contributed by atoms with Crippen LogP contribution in [0.3, 0.4) is 0 Å². The van der Waals surface area contributed by atoms with E-state index >= 15 is 0 Å². The smallest absolute Gasteiger partial charge is 0.243 e. The van der Waals surface area contributed by atoms with Crippen molar-refractivity contribution in [1.82, 2.24) is 36.5 Å². The predicted octanol–water partition coefficient (Wildman–Crippen LogP) is -0.692. The number of nitrogens with zero attached hydrogens (tertiary/aromatic N) is 2. The van der Waals surface area contributed by atoms with E-state index in [2.05, 4.69) is 36.6 Å². The standard InChI is InChI=1S/C46H71N11O8/c1-28-18-19-31(58)13-9-21-50-20-8-7-16-35(40(47)60)53-43(63)38(24-30-26-52-34-15-6-5-14-33(30)34)55-41(61)36(17-10-22-51-46(48)49)54-42(62)37(23-29-11-3-2-4-12-29)56-44(64)39-25-32(59)27-57(39)45(28)65/h2-6,11-12,14-15,26,28,32,35-41,43,50,52-53,55,59-61,63H,7-10,13,16-25,27,47H2,1H3,(H,54,62)(H,56,64)(H4,48,49,51)/t28-,32+,35?,36-,37+,38?,39-,40?,41?,43?/m0/s1. The Morgan fingerprint density at radius 2 is 1.57 bits per heavy atom. The van der Waals surface area contributed by atoms with Gasteiger partial charge in [0.05, 0.1) is 18.2 Å². The van der Waals surface area contributed by atoms with Crippen LogP contribution in [-0.4, -0.2) is 141 Å². The topological polar surface area (TPSA) is 319 Å². The number of aromatic nitrogens is 1. The lowest BCUT2D eigenvalue weighted by atomic mass is 9.99. The Labute approximate surface area is 380 Å². The number of ketones is 1. The van der Waals surface area contributed by atoms with Crippen LogP contribution in [0.2, 0.25) is 0 Å². The van der Waals surface area contributed by atoms with Crippen LogP contribution in [0, 0.1) is 5.92 Å². The SMILES string of the molecule is C[C@H]1CCC(=O)CCCNCCCCC(C(N)O)NC(O)C(Cc2c[nH]c3ccccc23)NC(O)[C@H](CCCN=C(N)N)NC(=O)[C@@H](Cc2ccccc2)NC(=O)[C@@H]2C[C@@H](O)CN2C1=O. The van der Waals surface area contributed by atoms with Gasteiger partial charge in [-0.15, -0.1) is 0 Å². The number of aromatic amines is 1. The summed E-state index contributed by atoms with van der Waals surface area (Å²) in [5, 5.41) is 61.6. The van der Waals surface area contributed by atoms with Crippen molar-refractivity contribution in [2.75, 3.05) is 26.2 Å². The Morgan fingerprint density at radius 1 is 0.846 bits per heavy atom. The second kappa shape index (κ2) is 25.6. The molecular formula is C46H71N11O8. The van der Waals surface area contributed by atoms with E-state index in [1.807, 2.05) is 48.7 Å². The van der Waals surface area contributed by atoms with Crippen LogP contribution in [0.4, 0.5) is 0 Å². The van der Waals surface area contributed by atoms with Crippen LogP contribution in [0.1, 0.15) is 82.3 Å². The number of aliphatic imine (C=N–C) groups is 1. The molecule has 0 aliphatic carbocycles. The fraction of sp³-hybridized carbons (Fsp3) is 0.587. The Balaban J connectivity index is 1.46. The van der Waals surface area contributed by atoms with Crippen LogP contribution >= 0.6 is 0 Å². The van der Waals surface area contributed by atoms with Crippen molar-refractivity contribution in [3.05, 3.63) is 71.9 Å². The molecule has 5 rings (SSSR count). The molecule has 2 aliphatic heterocycles. The summed E-state index contributed by atoms with van der Waals surface area (Å²) in [6.07, 6.45) is 0.599. The number of hydrogen-bond donors (Lipinski definition) is 13. The maximum atomic E-state index is 14.5. The first-order chi connectivity index (χ1) is 31.2. The highest BCUT2D eigenvalue weighted by molar-refractivity contribution is 5.93. The second-order valence-corrected chi connectivity index (χ2v) is 17.5. The van der Waals surface area contributed by atoms with Crippen LogP contribution in [0.15, 0.2) is 65.8 Å². The Morgan fingerprint density at radius 3 is 2.32 bits per heavy atom. The number of hydrogen-bond acceptors (Lipinski definition) is 13. The lowest BCUT2D eigenvalue weighted by Crippen LogP contribution is -2.62. The molecule has 2 fully saturated rings. The molecule has 19 nitrogen and oxygen atoms in total. The zero-order chi connectivity index (χ0) is 46.9. The molecule has 0 saturated carbocycles. The average molecular weight is 906 g/mol. The Bertz CT molecular complexity index is 2000. The van der Waals surface area contributed by atoms with Crippen LogP contribution in [0.5, 0.6) is 0 Å². The van der Waals surface area contributed by atoms with E-state index in [0.717, 1.165) is 28.5 Å². The molecule has 0 radical (unpaired) electrons. The van der Waals surface area contributed by atoms with Gasteiger partial charge in [-0.05, 0) is 75.2 Å². The third-order valence-electron chi connectivity index (χ3n) is 12.3. The zero-order valence-electron chi connectivity index (χ0n) is 37.4. The number of H-pyrrole nitrogens is 1. The molecule has 358 valence electrons. The quantitative estimate of drug-likeness (QED) is 0.0548. The zero-order valence-corrected chi connectivity index (χ0v) is 37.4. The summed E-state index contributed by atoms with van der Waals surface area (Å²) >= 11 is 0. The third-order valence-corrected chi connectivity index (χ3v) is 12.3. The highest BCUT2D eigenvalue weighted by Crippen LogP contribution is 2.24. The van der Waals surface area contributed by atoms with Crippen LogP contribution in [0.25, 0.3) is 10.9 Å². The first kappa shape index (κ1) is 51.0. The van der Waals surface area contributed by atoms with Crippen molar-refractivity contribution in [3.63, 3.8) is 0 Å². The highest BCUT2D eigenvalue weighted by Gasteiger charge is 2.42. The van der Waals surface area contributed by atoms with Gasteiger partial charge in [-0.25, -0.2) is 0 Å². The molecule has 2 aliphatic rings. The molecule has 0 bridgehead atoms. The molecule has 16 N–H and O–H groups in total. The van der Waals surface area contributed by atoms with Gasteiger partial charge in [0.25, 0.3) is 0 Å². The summed E-state index contributed by atoms with van der Waals surface area (Å²) in [5.41, 5.74) is 19.7. The largest absolute Gasteiger partial charge is 0.391 e. The molecule has 3 amide bonds. The van der Waals surface area contributed by atoms with Crippen molar-refractivity contribution in [2.45, 2.75) is 139 Å². The van der Waals surface area contributed by atoms with Crippen LogP contribution < -0.4 is 43.8 Å². The number of fused-ring (bicyclic) bond motifs is 2. The summed E-state index contributed by atoms with van der Waals surface area (Å²) in [6.45, 7) is 3.09. The number of nitrogens with one attached hydrogen (secondary N) is 6. The average Bonchev–Trinajstić information content (AvgIpc) is 3.89. The highest BCUT2D eigenvalue weighted by atomic mass is 16.3. The molecule has 5 unspecified atom stereocenters. The van der Waals surface area contributed by atoms with E-state index < -0.39 is 72.7 Å². The Kier molecular flexibility index (Phi) is 20.1. The van der Waals surface area contributed by atoms with E-state index in [1.165, 1.54) is 4.90 Å². The summed E-state index contributed by atoms with van der Waals surface area (Å²) in [7, 11) is 0. The fourth-order valence-corrected chi connectivity index (χ4v) is 8.63. The van der Waals surface area contributed by atoms with Crippen LogP contribution in [-0.2, 0) is 32.0 Å². The minimum Gasteiger partial charge on any atom is -0.391 e. The lowest BCUT2D eigenvalue weighted by molar-refractivity contribution is -0.142. The monoisotopic (exact) mass is 906 g/mol. The number of carbonyl (C=O) groups is 4. The predicted molar refractivity (Wildman–Crippen MR) is 247 cm³/mol. The number of benzene rings is 2. The Hall–Kier alpha value is -4.99. The summed E-state index contributed by atoms with van der Waals surface area (Å²) < 4.78 is 0. The van der Waals surface area contributed by atoms with Gasteiger partial charge in [0.15, 0.2) is 5.96 Å². The van der Waals surface area contributed by atoms with E-state index in [4.69, 9.17) is 17.2 Å². The maximum Gasteiger partial charge on any atom is 0.243 e. The summed E-state index contributed by atoms with van der Waals surface area (Å²) in [4.78, 5) is 63.9. The van der Waals surface area contributed by atoms with Gasteiger partial charge < -0.3 is 63.5 Å². The van der Waals surface area contributed by atoms with Gasteiger partial charge in [0.2, 0.25) is 17.7 Å². The number of aliphatic hydroxyl groups is 4. The molecule has 65 heavy (non-hydrogen) atoms. The normalized spacial score (nSPS) is 28.5. The summed E-state index contributed by atoms with van der Waals surface area (Å²) in [5.74, 6) is -2.33. The van der Waals surface area contributed by atoms with Gasteiger partial charge in [-0.3, -0.25) is 34.8 Å². The van der Waals surface area contributed by atoms with Crippen molar-refractivity contribution < 1.29 is 39.6 Å². The number of carbonyl (C=O) groups excluding carboxylic acids is 4. The second-order valence-electron chi connectivity index (χ2n) is 17.5. The van der Waals surface area contributed by atoms with Gasteiger partial charge in [-0.1, -0.05) is 61.9 Å². The molecule has 0 spiro atoms. The number of rotatable bonds is 9. The van der Waals surface area contributed by atoms with Crippen molar-refractivity contribution in [3.8, 4) is 0 Å². The summed E-state index contributed by atoms with van der Waals surface area (Å²) in [6, 6.07) is 11.8. The number of para-hydroxylation sites is 1. The molecule has 10 atom stereocenters. The van der Waals surface area contributed by atoms with Crippen molar-refractivity contribution in [2.24, 2.45) is 28.1 Å². The molecule has 2 saturated heterocycles. The third kappa shape index (κ3) is 15.8. The van der Waals surface area contributed by atoms with Crippen molar-refractivity contribution in [1.29, 1.82) is 0 Å². The maximum absolute atomic E-state index is 14.5. The number of guanidine groups is 1. The minimum absolute atomic E-state index is 0.0240. The van der Waals surface area contributed by atoms with Gasteiger partial charge >= 0.3 is 0 Å². The number of Topliss-reactive ketones (excluding diaryl/α,β-unsaturated/α-hetero) is 1. The van der Waals surface area contributed by atoms with Gasteiger partial charge in [0, 0.05) is 67.8 Å². The number of aliphatic hydroxyl groups excluding tert-OH is 4. The lowest BCUT2D eigenvalue weighted by Gasteiger charge is -2.34. The van der Waals surface area contributed by atoms with E-state index in [9.17, 15) is 39.6 Å². The van der Waals surface area contributed by atoms with E-state index in [-0.39, 0.29) is 69.3 Å². The minimum atomic E-state index is -1.49. The molecule has 3 heterocycles. The molecule has 3 aromatic rings. The van der Waals surface area contributed by atoms with E-state index in [0.29, 0.717) is 45.2 Å². The molecule has 2 aromatic carbocycles. The van der Waals surface area contributed by atoms with Gasteiger partial charge in [0.1, 0.15) is 36.6 Å². The molecular weight excluding hydrogens is 835 g/mol. The van der Waals surface area contributed by atoms with E-state index in [1.54, 1.807) is 19.1 Å². The van der Waals surface area contributed by atoms with Gasteiger partial charge in [-0.2, -0.15) is 0 Å². The molecule has 19 heteroatoms. The first-order valence-electron chi connectivity index (χ1n) is 23.0. The number of amides is 3.